The monoisotopic (exact) mass is 357 g/mol. The average molecular weight is 358 g/mol. The molecule has 142 valence electrons. The number of rotatable bonds is 9. The Morgan fingerprint density at radius 1 is 1.12 bits per heavy atom. The standard InChI is InChI=1S/C22H32N2O2/c1-16(2)11-12-23-22(25)21-10-9-20(26-21)15-24(17(3)4)14-19-8-6-7-18(5)13-19/h6-10,13,16-17H,11-12,14-15H2,1-5H3,(H,23,25)/p+1. The van der Waals surface area contributed by atoms with Gasteiger partial charge in [0.15, 0.2) is 11.5 Å². The smallest absolute Gasteiger partial charge is 0.287 e. The number of hydrogen-bond acceptors (Lipinski definition) is 2. The van der Waals surface area contributed by atoms with E-state index in [4.69, 9.17) is 4.42 Å². The third kappa shape index (κ3) is 6.34. The molecule has 2 rings (SSSR count). The maximum Gasteiger partial charge on any atom is 0.287 e. The molecule has 0 saturated heterocycles. The maximum absolute atomic E-state index is 12.2. The van der Waals surface area contributed by atoms with Crippen molar-refractivity contribution >= 4 is 5.91 Å². The van der Waals surface area contributed by atoms with E-state index < -0.39 is 0 Å². The first-order valence-corrected chi connectivity index (χ1v) is 9.62. The second-order valence-corrected chi connectivity index (χ2v) is 7.86. The van der Waals surface area contributed by atoms with Crippen LogP contribution in [0.1, 0.15) is 61.6 Å². The summed E-state index contributed by atoms with van der Waals surface area (Å²) < 4.78 is 5.81. The number of hydrogen-bond donors (Lipinski definition) is 2. The lowest BCUT2D eigenvalue weighted by Crippen LogP contribution is -3.12. The third-order valence-electron chi connectivity index (χ3n) is 4.62. The van der Waals surface area contributed by atoms with Crippen LogP contribution in [0.2, 0.25) is 0 Å². The molecular weight excluding hydrogens is 324 g/mol. The summed E-state index contributed by atoms with van der Waals surface area (Å²) >= 11 is 0. The van der Waals surface area contributed by atoms with Crippen LogP contribution in [0.4, 0.5) is 0 Å². The Balaban J connectivity index is 1.97. The van der Waals surface area contributed by atoms with E-state index in [9.17, 15) is 4.79 Å². The van der Waals surface area contributed by atoms with Gasteiger partial charge in [0.05, 0.1) is 6.04 Å². The molecule has 0 bridgehead atoms. The fraction of sp³-hybridized carbons (Fsp3) is 0.500. The van der Waals surface area contributed by atoms with Gasteiger partial charge >= 0.3 is 0 Å². The molecule has 1 atom stereocenters. The van der Waals surface area contributed by atoms with Crippen LogP contribution in [0.25, 0.3) is 0 Å². The van der Waals surface area contributed by atoms with Gasteiger partial charge in [-0.25, -0.2) is 0 Å². The van der Waals surface area contributed by atoms with Crippen molar-refractivity contribution < 1.29 is 14.1 Å². The van der Waals surface area contributed by atoms with Crippen molar-refractivity contribution in [1.29, 1.82) is 0 Å². The summed E-state index contributed by atoms with van der Waals surface area (Å²) in [5.41, 5.74) is 2.61. The summed E-state index contributed by atoms with van der Waals surface area (Å²) in [6.07, 6.45) is 0.973. The Kier molecular flexibility index (Phi) is 7.46. The molecule has 1 unspecified atom stereocenters. The fourth-order valence-electron chi connectivity index (χ4n) is 2.94. The zero-order valence-corrected chi connectivity index (χ0v) is 16.8. The molecule has 2 N–H and O–H groups in total. The van der Waals surface area contributed by atoms with E-state index in [1.165, 1.54) is 16.0 Å². The lowest BCUT2D eigenvalue weighted by Gasteiger charge is -2.22. The molecule has 0 aliphatic heterocycles. The van der Waals surface area contributed by atoms with Gasteiger partial charge in [-0.3, -0.25) is 4.79 Å². The van der Waals surface area contributed by atoms with Crippen molar-refractivity contribution in [2.75, 3.05) is 6.54 Å². The highest BCUT2D eigenvalue weighted by Crippen LogP contribution is 2.08. The topological polar surface area (TPSA) is 46.7 Å². The Morgan fingerprint density at radius 2 is 1.88 bits per heavy atom. The van der Waals surface area contributed by atoms with Crippen molar-refractivity contribution in [2.24, 2.45) is 5.92 Å². The number of benzene rings is 1. The van der Waals surface area contributed by atoms with Crippen molar-refractivity contribution in [2.45, 2.75) is 60.2 Å². The molecule has 0 fully saturated rings. The van der Waals surface area contributed by atoms with E-state index in [1.54, 1.807) is 6.07 Å². The van der Waals surface area contributed by atoms with Crippen LogP contribution < -0.4 is 10.2 Å². The number of nitrogens with one attached hydrogen (secondary N) is 2. The molecule has 0 aliphatic carbocycles. The highest BCUT2D eigenvalue weighted by atomic mass is 16.4. The lowest BCUT2D eigenvalue weighted by atomic mass is 10.1. The van der Waals surface area contributed by atoms with Crippen LogP contribution in [0.15, 0.2) is 40.8 Å². The van der Waals surface area contributed by atoms with Gasteiger partial charge in [-0.05, 0) is 45.2 Å². The predicted molar refractivity (Wildman–Crippen MR) is 105 cm³/mol. The molecule has 4 heteroatoms. The summed E-state index contributed by atoms with van der Waals surface area (Å²) in [4.78, 5) is 13.6. The molecule has 0 spiro atoms. The second-order valence-electron chi connectivity index (χ2n) is 7.86. The molecule has 1 aromatic carbocycles. The van der Waals surface area contributed by atoms with Crippen LogP contribution >= 0.6 is 0 Å². The van der Waals surface area contributed by atoms with Gasteiger partial charge in [0.2, 0.25) is 0 Å². The Labute approximate surface area is 157 Å². The zero-order valence-electron chi connectivity index (χ0n) is 16.8. The van der Waals surface area contributed by atoms with Crippen molar-refractivity contribution in [3.8, 4) is 0 Å². The van der Waals surface area contributed by atoms with Gasteiger partial charge in [-0.2, -0.15) is 0 Å². The Bertz CT molecular complexity index is 704. The zero-order chi connectivity index (χ0) is 19.1. The molecule has 2 aromatic rings. The SMILES string of the molecule is Cc1cccc(C[NH+](Cc2ccc(C(=O)NCCC(C)C)o2)C(C)C)c1. The summed E-state index contributed by atoms with van der Waals surface area (Å²) in [6, 6.07) is 12.8. The first-order valence-electron chi connectivity index (χ1n) is 9.62. The van der Waals surface area contributed by atoms with Crippen molar-refractivity contribution in [1.82, 2.24) is 5.32 Å². The lowest BCUT2D eigenvalue weighted by molar-refractivity contribution is -0.949. The van der Waals surface area contributed by atoms with Gasteiger partial charge in [-0.1, -0.05) is 43.7 Å². The van der Waals surface area contributed by atoms with Gasteiger partial charge in [0.25, 0.3) is 5.91 Å². The van der Waals surface area contributed by atoms with Crippen molar-refractivity contribution in [3.05, 3.63) is 59.0 Å². The van der Waals surface area contributed by atoms with E-state index in [2.05, 4.69) is 64.2 Å². The molecule has 1 aromatic heterocycles. The number of amides is 1. The van der Waals surface area contributed by atoms with Gasteiger partial charge in [0.1, 0.15) is 13.1 Å². The maximum atomic E-state index is 12.2. The van der Waals surface area contributed by atoms with Crippen LogP contribution in [0.3, 0.4) is 0 Å². The largest absolute Gasteiger partial charge is 0.450 e. The first-order chi connectivity index (χ1) is 12.3. The number of carbonyl (C=O) groups excluding carboxylic acids is 1. The normalized spacial score (nSPS) is 12.6. The van der Waals surface area contributed by atoms with Crippen LogP contribution in [-0.2, 0) is 13.1 Å². The van der Waals surface area contributed by atoms with E-state index in [-0.39, 0.29) is 5.91 Å². The summed E-state index contributed by atoms with van der Waals surface area (Å²) in [5.74, 6) is 1.71. The van der Waals surface area contributed by atoms with Gasteiger partial charge in [0, 0.05) is 12.1 Å². The van der Waals surface area contributed by atoms with E-state index in [1.807, 2.05) is 6.07 Å². The molecule has 1 heterocycles. The van der Waals surface area contributed by atoms with Crippen LogP contribution in [0, 0.1) is 12.8 Å². The molecule has 0 aliphatic rings. The Hall–Kier alpha value is -2.07. The molecule has 26 heavy (non-hydrogen) atoms. The minimum Gasteiger partial charge on any atom is -0.450 e. The van der Waals surface area contributed by atoms with Crippen molar-refractivity contribution in [3.63, 3.8) is 0 Å². The Morgan fingerprint density at radius 3 is 2.54 bits per heavy atom. The van der Waals surface area contributed by atoms with Gasteiger partial charge in [-0.15, -0.1) is 0 Å². The molecule has 1 amide bonds. The van der Waals surface area contributed by atoms with Crippen LogP contribution in [0.5, 0.6) is 0 Å². The number of quaternary nitrogens is 1. The predicted octanol–water partition coefficient (Wildman–Crippen LogP) is 3.36. The second kappa shape index (κ2) is 9.58. The summed E-state index contributed by atoms with van der Waals surface area (Å²) in [5, 5.41) is 2.93. The summed E-state index contributed by atoms with van der Waals surface area (Å²) in [7, 11) is 0. The van der Waals surface area contributed by atoms with E-state index in [0.717, 1.165) is 25.3 Å². The van der Waals surface area contributed by atoms with Crippen LogP contribution in [-0.4, -0.2) is 18.5 Å². The molecule has 0 radical (unpaired) electrons. The highest BCUT2D eigenvalue weighted by Gasteiger charge is 2.18. The molecular formula is C22H33N2O2+. The highest BCUT2D eigenvalue weighted by molar-refractivity contribution is 5.91. The summed E-state index contributed by atoms with van der Waals surface area (Å²) in [6.45, 7) is 13.2. The van der Waals surface area contributed by atoms with E-state index in [0.29, 0.717) is 24.3 Å². The third-order valence-corrected chi connectivity index (χ3v) is 4.62. The molecule has 4 nitrogen and oxygen atoms in total. The fourth-order valence-corrected chi connectivity index (χ4v) is 2.94. The number of carbonyl (C=O) groups is 1. The number of furan rings is 1. The number of aryl methyl sites for hydroxylation is 1. The van der Waals surface area contributed by atoms with E-state index >= 15 is 0 Å². The minimum absolute atomic E-state index is 0.123. The quantitative estimate of drug-likeness (QED) is 0.723. The van der Waals surface area contributed by atoms with Gasteiger partial charge < -0.3 is 14.6 Å². The average Bonchev–Trinajstić information content (AvgIpc) is 3.02. The first kappa shape index (κ1) is 20.2. The molecule has 0 saturated carbocycles. The minimum atomic E-state index is -0.123.